The Labute approximate surface area is 109 Å². The zero-order valence-electron chi connectivity index (χ0n) is 11.0. The lowest BCUT2D eigenvalue weighted by molar-refractivity contribution is 1.31. The molecule has 0 bridgehead atoms. The van der Waals surface area contributed by atoms with Gasteiger partial charge >= 0.3 is 0 Å². The van der Waals surface area contributed by atoms with Crippen molar-refractivity contribution in [3.63, 3.8) is 0 Å². The largest absolute Gasteiger partial charge is 0.0622 e. The lowest BCUT2D eigenvalue weighted by Crippen LogP contribution is -1.93. The van der Waals surface area contributed by atoms with Gasteiger partial charge in [-0.1, -0.05) is 54.1 Å². The van der Waals surface area contributed by atoms with Crippen molar-refractivity contribution in [3.05, 3.63) is 76.4 Å². The van der Waals surface area contributed by atoms with Gasteiger partial charge in [0, 0.05) is 0 Å². The van der Waals surface area contributed by atoms with Gasteiger partial charge in [-0.15, -0.1) is 0 Å². The number of aryl methyl sites for hydroxylation is 1. The Morgan fingerprint density at radius 3 is 2.22 bits per heavy atom. The van der Waals surface area contributed by atoms with E-state index in [1.807, 2.05) is 0 Å². The molecule has 1 aliphatic rings. The third kappa shape index (κ3) is 1.99. The molecule has 0 aliphatic heterocycles. The molecule has 90 valence electrons. The summed E-state index contributed by atoms with van der Waals surface area (Å²) in [4.78, 5) is 0. The minimum Gasteiger partial charge on any atom is -0.0622 e. The Balaban J connectivity index is 2.19. The summed E-state index contributed by atoms with van der Waals surface area (Å²) in [6.07, 6.45) is 2.52. The van der Waals surface area contributed by atoms with Gasteiger partial charge in [-0.2, -0.15) is 0 Å². The van der Waals surface area contributed by atoms with Crippen molar-refractivity contribution in [1.29, 1.82) is 0 Å². The summed E-state index contributed by atoms with van der Waals surface area (Å²) < 4.78 is 0. The Hall–Kier alpha value is -1.82. The molecule has 0 radical (unpaired) electrons. The number of allylic oxidation sites excluding steroid dienone is 1. The van der Waals surface area contributed by atoms with Crippen LogP contribution < -0.4 is 0 Å². The summed E-state index contributed by atoms with van der Waals surface area (Å²) in [5.74, 6) is 0. The van der Waals surface area contributed by atoms with E-state index in [0.717, 1.165) is 0 Å². The Kier molecular flexibility index (Phi) is 2.79. The second kappa shape index (κ2) is 4.45. The molecule has 1 aliphatic carbocycles. The highest BCUT2D eigenvalue weighted by Crippen LogP contribution is 2.41. The predicted molar refractivity (Wildman–Crippen MR) is 77.6 cm³/mol. The summed E-state index contributed by atoms with van der Waals surface area (Å²) in [5, 5.41) is 0. The fourth-order valence-corrected chi connectivity index (χ4v) is 2.49. The topological polar surface area (TPSA) is 0 Å². The third-order valence-corrected chi connectivity index (χ3v) is 3.79. The highest BCUT2D eigenvalue weighted by Gasteiger charge is 2.21. The van der Waals surface area contributed by atoms with Gasteiger partial charge in [-0.05, 0) is 54.5 Å². The van der Waals surface area contributed by atoms with Crippen LogP contribution in [0.15, 0.2) is 54.1 Å². The average Bonchev–Trinajstić information content (AvgIpc) is 3.21. The molecule has 1 saturated carbocycles. The summed E-state index contributed by atoms with van der Waals surface area (Å²) >= 11 is 0. The average molecular weight is 234 g/mol. The fourth-order valence-electron chi connectivity index (χ4n) is 2.49. The standard InChI is InChI=1S/C18H18/c1-13-7-6-10-17(14(13)2)18(16-11-12-16)15-8-4-3-5-9-15/h3-10H,11-12H2,1-2H3. The molecule has 0 heterocycles. The number of benzene rings is 2. The smallest absolute Gasteiger partial charge is 0.0116 e. The van der Waals surface area contributed by atoms with Crippen LogP contribution in [0.2, 0.25) is 0 Å². The van der Waals surface area contributed by atoms with Gasteiger partial charge in [0.2, 0.25) is 0 Å². The van der Waals surface area contributed by atoms with Crippen LogP contribution in [0.5, 0.6) is 0 Å². The van der Waals surface area contributed by atoms with Crippen LogP contribution >= 0.6 is 0 Å². The van der Waals surface area contributed by atoms with Crippen molar-refractivity contribution in [3.8, 4) is 0 Å². The third-order valence-electron chi connectivity index (χ3n) is 3.79. The first kappa shape index (κ1) is 11.3. The van der Waals surface area contributed by atoms with Crippen LogP contribution in [0.4, 0.5) is 0 Å². The van der Waals surface area contributed by atoms with Gasteiger partial charge in [0.15, 0.2) is 0 Å². The molecule has 0 spiro atoms. The molecule has 0 unspecified atom stereocenters. The monoisotopic (exact) mass is 234 g/mol. The molecule has 0 nitrogen and oxygen atoms in total. The first-order valence-corrected chi connectivity index (χ1v) is 6.61. The van der Waals surface area contributed by atoms with Crippen molar-refractivity contribution in [2.24, 2.45) is 0 Å². The van der Waals surface area contributed by atoms with E-state index >= 15 is 0 Å². The normalized spacial score (nSPS) is 13.6. The van der Waals surface area contributed by atoms with E-state index in [4.69, 9.17) is 0 Å². The number of rotatable bonds is 2. The van der Waals surface area contributed by atoms with Crippen molar-refractivity contribution < 1.29 is 0 Å². The van der Waals surface area contributed by atoms with E-state index in [1.54, 1.807) is 5.57 Å². The Bertz CT molecular complexity index is 597. The van der Waals surface area contributed by atoms with E-state index < -0.39 is 0 Å². The van der Waals surface area contributed by atoms with E-state index in [1.165, 1.54) is 40.7 Å². The van der Waals surface area contributed by atoms with E-state index in [-0.39, 0.29) is 0 Å². The maximum atomic E-state index is 2.26. The van der Waals surface area contributed by atoms with Crippen molar-refractivity contribution >= 4 is 5.57 Å². The minimum absolute atomic E-state index is 1.26. The minimum atomic E-state index is 1.26. The maximum absolute atomic E-state index is 2.26. The molecule has 0 aromatic heterocycles. The second-order valence-electron chi connectivity index (χ2n) is 5.09. The lowest BCUT2D eigenvalue weighted by atomic mass is 9.91. The zero-order chi connectivity index (χ0) is 12.5. The molecule has 0 amide bonds. The first-order valence-electron chi connectivity index (χ1n) is 6.61. The van der Waals surface area contributed by atoms with Gasteiger partial charge in [-0.25, -0.2) is 0 Å². The van der Waals surface area contributed by atoms with Crippen LogP contribution in [0.3, 0.4) is 0 Å². The van der Waals surface area contributed by atoms with Gasteiger partial charge in [-0.3, -0.25) is 0 Å². The number of hydrogen-bond acceptors (Lipinski definition) is 0. The molecule has 0 heteroatoms. The molecular weight excluding hydrogens is 216 g/mol. The van der Waals surface area contributed by atoms with E-state index in [0.29, 0.717) is 0 Å². The van der Waals surface area contributed by atoms with Gasteiger partial charge < -0.3 is 0 Å². The van der Waals surface area contributed by atoms with Crippen molar-refractivity contribution in [2.75, 3.05) is 0 Å². The van der Waals surface area contributed by atoms with Gasteiger partial charge in [0.1, 0.15) is 0 Å². The molecule has 0 saturated heterocycles. The lowest BCUT2D eigenvalue weighted by Gasteiger charge is -2.13. The van der Waals surface area contributed by atoms with Crippen molar-refractivity contribution in [2.45, 2.75) is 26.7 Å². The van der Waals surface area contributed by atoms with Crippen LogP contribution in [0.25, 0.3) is 5.57 Å². The highest BCUT2D eigenvalue weighted by atomic mass is 14.3. The molecule has 2 aromatic carbocycles. The molecule has 0 N–H and O–H groups in total. The maximum Gasteiger partial charge on any atom is -0.0116 e. The molecule has 18 heavy (non-hydrogen) atoms. The quantitative estimate of drug-likeness (QED) is 0.693. The molecule has 3 rings (SSSR count). The summed E-state index contributed by atoms with van der Waals surface area (Å²) in [6, 6.07) is 17.4. The van der Waals surface area contributed by atoms with Gasteiger partial charge in [0.25, 0.3) is 0 Å². The van der Waals surface area contributed by atoms with Gasteiger partial charge in [0.05, 0.1) is 0 Å². The van der Waals surface area contributed by atoms with Crippen LogP contribution in [-0.2, 0) is 0 Å². The Morgan fingerprint density at radius 1 is 0.833 bits per heavy atom. The fraction of sp³-hybridized carbons (Fsp3) is 0.222. The number of hydrogen-bond donors (Lipinski definition) is 0. The molecule has 2 aromatic rings. The van der Waals surface area contributed by atoms with Crippen LogP contribution in [-0.4, -0.2) is 0 Å². The molecule has 1 fully saturated rings. The predicted octanol–water partition coefficient (Wildman–Crippen LogP) is 4.90. The van der Waals surface area contributed by atoms with Crippen LogP contribution in [0.1, 0.15) is 35.1 Å². The molecular formula is C18H18. The zero-order valence-corrected chi connectivity index (χ0v) is 11.0. The highest BCUT2D eigenvalue weighted by molar-refractivity contribution is 5.85. The van der Waals surface area contributed by atoms with E-state index in [9.17, 15) is 0 Å². The SMILES string of the molecule is Cc1cccc(C(=C2CC2)c2ccccc2)c1C. The first-order chi connectivity index (χ1) is 8.77. The van der Waals surface area contributed by atoms with Crippen LogP contribution in [0, 0.1) is 13.8 Å². The second-order valence-corrected chi connectivity index (χ2v) is 5.09. The van der Waals surface area contributed by atoms with Crippen molar-refractivity contribution in [1.82, 2.24) is 0 Å². The molecule has 0 atom stereocenters. The summed E-state index contributed by atoms with van der Waals surface area (Å²) in [7, 11) is 0. The van der Waals surface area contributed by atoms with E-state index in [2.05, 4.69) is 62.4 Å². The summed E-state index contributed by atoms with van der Waals surface area (Å²) in [5.41, 5.74) is 8.64. The Morgan fingerprint density at radius 2 is 1.56 bits per heavy atom. The summed E-state index contributed by atoms with van der Waals surface area (Å²) in [6.45, 7) is 4.43.